The lowest BCUT2D eigenvalue weighted by Gasteiger charge is -1.56. The van der Waals surface area contributed by atoms with E-state index in [0.29, 0.717) is 0 Å². The Bertz CT molecular complexity index is 35.5. The molecule has 0 aliphatic heterocycles. The maximum atomic E-state index is 9.44. The van der Waals surface area contributed by atoms with Gasteiger partial charge in [-0.3, -0.25) is 0 Å². The molecular weight excluding hydrogens is 155 g/mol. The van der Waals surface area contributed by atoms with Crippen molar-refractivity contribution in [1.82, 2.24) is 0 Å². The van der Waals surface area contributed by atoms with Gasteiger partial charge in [-0.2, -0.15) is 0 Å². The number of carbonyl (C=O) groups is 1. The number of halogens is 2. The average Bonchev–Trinajstić information content (AvgIpc) is 0.811. The zero-order valence-electron chi connectivity index (χ0n) is 4.72. The molecule has 0 amide bonds. The number of hydrogen-bond acceptors (Lipinski definition) is 1. The summed E-state index contributed by atoms with van der Waals surface area (Å²) < 4.78 is 0. The third kappa shape index (κ3) is 5710. The molecular formula is C3H12Cl2O3. The summed E-state index contributed by atoms with van der Waals surface area (Å²) in [4.78, 5) is 9.44. The van der Waals surface area contributed by atoms with Crippen molar-refractivity contribution >= 4 is 30.6 Å². The fourth-order valence-electron chi connectivity index (χ4n) is 0. The van der Waals surface area contributed by atoms with Crippen LogP contribution >= 0.6 is 24.8 Å². The SMILES string of the molecule is CC(C)=O.Cl.Cl.O.O. The second kappa shape index (κ2) is 27.2. The Balaban J connectivity index is -0.00000000750. The monoisotopic (exact) mass is 166 g/mol. The van der Waals surface area contributed by atoms with Gasteiger partial charge in [0.2, 0.25) is 0 Å². The van der Waals surface area contributed by atoms with Crippen LogP contribution in [0.3, 0.4) is 0 Å². The molecule has 0 radical (unpaired) electrons. The Kier molecular flexibility index (Phi) is 142. The molecule has 0 aliphatic rings. The maximum absolute atomic E-state index is 9.44. The molecule has 0 fully saturated rings. The Morgan fingerprint density at radius 3 is 1.00 bits per heavy atom. The summed E-state index contributed by atoms with van der Waals surface area (Å²) in [6.45, 7) is 3.06. The van der Waals surface area contributed by atoms with Gasteiger partial charge in [-0.05, 0) is 13.8 Å². The highest BCUT2D eigenvalue weighted by Gasteiger charge is 1.62. The zero-order chi connectivity index (χ0) is 3.58. The molecule has 0 aromatic carbocycles. The van der Waals surface area contributed by atoms with Crippen molar-refractivity contribution in [2.75, 3.05) is 0 Å². The number of carbonyl (C=O) groups excluding carboxylic acids is 1. The van der Waals surface area contributed by atoms with E-state index in [-0.39, 0.29) is 41.5 Å². The molecule has 0 spiro atoms. The summed E-state index contributed by atoms with van der Waals surface area (Å²) in [5.74, 6) is 0.167. The maximum Gasteiger partial charge on any atom is 0.126 e. The van der Waals surface area contributed by atoms with Crippen molar-refractivity contribution in [1.29, 1.82) is 0 Å². The van der Waals surface area contributed by atoms with Gasteiger partial charge in [0.1, 0.15) is 5.78 Å². The molecule has 3 nitrogen and oxygen atoms in total. The highest BCUT2D eigenvalue weighted by Crippen LogP contribution is 1.50. The first-order chi connectivity index (χ1) is 1.73. The largest absolute Gasteiger partial charge is 0.412 e. The third-order valence-electron chi connectivity index (χ3n) is 0. The van der Waals surface area contributed by atoms with Crippen LogP contribution in [0.5, 0.6) is 0 Å². The lowest BCUT2D eigenvalue weighted by Crippen LogP contribution is -1.69. The van der Waals surface area contributed by atoms with Crippen LogP contribution in [0.2, 0.25) is 0 Å². The van der Waals surface area contributed by atoms with Crippen molar-refractivity contribution < 1.29 is 15.7 Å². The van der Waals surface area contributed by atoms with Gasteiger partial charge in [-0.1, -0.05) is 0 Å². The summed E-state index contributed by atoms with van der Waals surface area (Å²) in [6.07, 6.45) is 0. The van der Waals surface area contributed by atoms with Crippen LogP contribution in [0.4, 0.5) is 0 Å². The minimum atomic E-state index is 0. The normalized spacial score (nSPS) is 3.25. The van der Waals surface area contributed by atoms with Crippen LogP contribution in [-0.2, 0) is 4.79 Å². The van der Waals surface area contributed by atoms with Crippen molar-refractivity contribution in [3.63, 3.8) is 0 Å². The highest BCUT2D eigenvalue weighted by molar-refractivity contribution is 5.85. The van der Waals surface area contributed by atoms with Crippen LogP contribution < -0.4 is 0 Å². The first-order valence-corrected chi connectivity index (χ1v) is 1.20. The molecule has 0 aromatic rings. The van der Waals surface area contributed by atoms with E-state index in [1.165, 1.54) is 13.8 Å². The molecule has 0 aliphatic carbocycles. The van der Waals surface area contributed by atoms with Crippen LogP contribution in [-0.4, -0.2) is 16.7 Å². The van der Waals surface area contributed by atoms with E-state index in [1.54, 1.807) is 0 Å². The lowest BCUT2D eigenvalue weighted by molar-refractivity contribution is -0.114. The van der Waals surface area contributed by atoms with Crippen LogP contribution in [0, 0.1) is 0 Å². The third-order valence-corrected chi connectivity index (χ3v) is 0. The van der Waals surface area contributed by atoms with Gasteiger partial charge in [0.05, 0.1) is 0 Å². The molecule has 0 heterocycles. The Labute approximate surface area is 60.9 Å². The summed E-state index contributed by atoms with van der Waals surface area (Å²) >= 11 is 0. The molecule has 8 heavy (non-hydrogen) atoms. The van der Waals surface area contributed by atoms with E-state index in [0.717, 1.165) is 0 Å². The second-order valence-electron chi connectivity index (χ2n) is 0.908. The van der Waals surface area contributed by atoms with E-state index in [4.69, 9.17) is 0 Å². The van der Waals surface area contributed by atoms with E-state index >= 15 is 0 Å². The highest BCUT2D eigenvalue weighted by atomic mass is 35.5. The van der Waals surface area contributed by atoms with Gasteiger partial charge in [-0.15, -0.1) is 24.8 Å². The van der Waals surface area contributed by atoms with E-state index in [9.17, 15) is 4.79 Å². The van der Waals surface area contributed by atoms with E-state index < -0.39 is 0 Å². The minimum absolute atomic E-state index is 0. The predicted octanol–water partition coefficient (Wildman–Crippen LogP) is -0.211. The molecule has 0 saturated carbocycles. The van der Waals surface area contributed by atoms with Crippen molar-refractivity contribution in [3.05, 3.63) is 0 Å². The molecule has 0 unspecified atom stereocenters. The number of ketones is 1. The van der Waals surface area contributed by atoms with Crippen LogP contribution in [0.1, 0.15) is 13.8 Å². The number of hydrogen-bond donors (Lipinski definition) is 0. The molecule has 0 bridgehead atoms. The summed E-state index contributed by atoms with van der Waals surface area (Å²) in [7, 11) is 0. The fourth-order valence-corrected chi connectivity index (χ4v) is 0. The molecule has 4 N–H and O–H groups in total. The predicted molar refractivity (Wildman–Crippen MR) is 38.1 cm³/mol. The quantitative estimate of drug-likeness (QED) is 0.491. The first kappa shape index (κ1) is 41.8. The van der Waals surface area contributed by atoms with Crippen LogP contribution in [0.15, 0.2) is 0 Å². The van der Waals surface area contributed by atoms with Gasteiger partial charge in [0.25, 0.3) is 0 Å². The van der Waals surface area contributed by atoms with Gasteiger partial charge < -0.3 is 15.7 Å². The summed E-state index contributed by atoms with van der Waals surface area (Å²) in [5, 5.41) is 0. The smallest absolute Gasteiger partial charge is 0.126 e. The molecule has 0 atom stereocenters. The fraction of sp³-hybridized carbons (Fsp3) is 0.667. The first-order valence-electron chi connectivity index (χ1n) is 1.20. The van der Waals surface area contributed by atoms with Gasteiger partial charge in [0.15, 0.2) is 0 Å². The number of Topliss-reactive ketones (excluding diaryl/α,β-unsaturated/α-hetero) is 1. The molecule has 0 saturated heterocycles. The Morgan fingerprint density at radius 2 is 1.00 bits per heavy atom. The Morgan fingerprint density at radius 1 is 1.00 bits per heavy atom. The van der Waals surface area contributed by atoms with E-state index in [1.807, 2.05) is 0 Å². The Hall–Kier alpha value is 0.170. The average molecular weight is 167 g/mol. The second-order valence-corrected chi connectivity index (χ2v) is 0.908. The summed E-state index contributed by atoms with van der Waals surface area (Å²) in [5.41, 5.74) is 0. The van der Waals surface area contributed by atoms with E-state index in [2.05, 4.69) is 0 Å². The van der Waals surface area contributed by atoms with Gasteiger partial charge in [0, 0.05) is 0 Å². The minimum Gasteiger partial charge on any atom is -0.412 e. The zero-order valence-corrected chi connectivity index (χ0v) is 6.36. The van der Waals surface area contributed by atoms with Gasteiger partial charge in [-0.25, -0.2) is 0 Å². The van der Waals surface area contributed by atoms with Crippen molar-refractivity contribution in [3.8, 4) is 0 Å². The van der Waals surface area contributed by atoms with Crippen molar-refractivity contribution in [2.24, 2.45) is 0 Å². The number of rotatable bonds is 0. The van der Waals surface area contributed by atoms with Crippen LogP contribution in [0.25, 0.3) is 0 Å². The molecule has 56 valence electrons. The molecule has 0 rings (SSSR count). The van der Waals surface area contributed by atoms with Gasteiger partial charge >= 0.3 is 0 Å². The van der Waals surface area contributed by atoms with Crippen molar-refractivity contribution in [2.45, 2.75) is 13.8 Å². The molecule has 5 heteroatoms. The standard InChI is InChI=1S/C3H6O.2ClH.2H2O/c1-3(2)4;;;;/h1-2H3;2*1H;2*1H2. The molecule has 0 aromatic heterocycles. The summed E-state index contributed by atoms with van der Waals surface area (Å²) in [6, 6.07) is 0. The lowest BCUT2D eigenvalue weighted by atomic mass is 10.6. The topological polar surface area (TPSA) is 80.1 Å².